The summed E-state index contributed by atoms with van der Waals surface area (Å²) in [4.78, 5) is 14.3. The summed E-state index contributed by atoms with van der Waals surface area (Å²) >= 11 is 0. The summed E-state index contributed by atoms with van der Waals surface area (Å²) in [6, 6.07) is -0.0163. The van der Waals surface area contributed by atoms with E-state index in [1.54, 1.807) is 0 Å². The molecule has 0 aromatic heterocycles. The van der Waals surface area contributed by atoms with E-state index in [4.69, 9.17) is 4.74 Å². The molecule has 0 spiro atoms. The van der Waals surface area contributed by atoms with Gasteiger partial charge in [0, 0.05) is 13.1 Å². The van der Waals surface area contributed by atoms with E-state index in [1.807, 2.05) is 6.92 Å². The fraction of sp³-hybridized carbons (Fsp3) is 0.933. The van der Waals surface area contributed by atoms with E-state index in [-0.39, 0.29) is 24.5 Å². The van der Waals surface area contributed by atoms with Gasteiger partial charge in [0.05, 0.1) is 30.8 Å². The van der Waals surface area contributed by atoms with Crippen molar-refractivity contribution in [2.45, 2.75) is 63.2 Å². The number of carbonyl (C=O) groups excluding carboxylic acids is 1. The molecule has 2 N–H and O–H groups in total. The van der Waals surface area contributed by atoms with Crippen LogP contribution in [0.4, 0.5) is 0 Å². The standard InChI is InChI=1S/C15H28N2O3/c1-12(13-11-17(2)8-9-20-13)16-14(18)10-15(19)6-4-3-5-7-15/h12-13,19H,3-11H2,1-2H3,(H,16,18). The fourth-order valence-electron chi connectivity index (χ4n) is 3.20. The fourth-order valence-corrected chi connectivity index (χ4v) is 3.20. The van der Waals surface area contributed by atoms with E-state index in [0.717, 1.165) is 38.8 Å². The van der Waals surface area contributed by atoms with Gasteiger partial charge in [0.1, 0.15) is 0 Å². The predicted octanol–water partition coefficient (Wildman–Crippen LogP) is 0.907. The van der Waals surface area contributed by atoms with Crippen LogP contribution in [0.5, 0.6) is 0 Å². The Morgan fingerprint density at radius 2 is 2.15 bits per heavy atom. The summed E-state index contributed by atoms with van der Waals surface area (Å²) in [6.45, 7) is 4.47. The molecule has 1 amide bonds. The Kier molecular flexibility index (Phi) is 5.41. The highest BCUT2D eigenvalue weighted by Gasteiger charge is 2.33. The van der Waals surface area contributed by atoms with Crippen LogP contribution in [-0.2, 0) is 9.53 Å². The molecule has 2 rings (SSSR count). The number of likely N-dealkylation sites (N-methyl/N-ethyl adjacent to an activating group) is 1. The highest BCUT2D eigenvalue weighted by Crippen LogP contribution is 2.30. The van der Waals surface area contributed by atoms with E-state index < -0.39 is 5.60 Å². The Bertz CT molecular complexity index is 329. The molecular formula is C15H28N2O3. The monoisotopic (exact) mass is 284 g/mol. The Hall–Kier alpha value is -0.650. The zero-order valence-corrected chi connectivity index (χ0v) is 12.7. The minimum absolute atomic E-state index is 0.0163. The van der Waals surface area contributed by atoms with Gasteiger partial charge in [-0.1, -0.05) is 19.3 Å². The van der Waals surface area contributed by atoms with Gasteiger partial charge in [0.15, 0.2) is 0 Å². The number of rotatable bonds is 4. The Morgan fingerprint density at radius 3 is 2.80 bits per heavy atom. The first-order chi connectivity index (χ1) is 9.48. The van der Waals surface area contributed by atoms with Crippen LogP contribution >= 0.6 is 0 Å². The maximum Gasteiger partial charge on any atom is 0.223 e. The lowest BCUT2D eigenvalue weighted by Crippen LogP contribution is -2.52. The lowest BCUT2D eigenvalue weighted by Gasteiger charge is -2.35. The van der Waals surface area contributed by atoms with Gasteiger partial charge in [-0.2, -0.15) is 0 Å². The van der Waals surface area contributed by atoms with E-state index in [1.165, 1.54) is 6.42 Å². The van der Waals surface area contributed by atoms with Crippen molar-refractivity contribution in [1.29, 1.82) is 0 Å². The molecule has 2 fully saturated rings. The number of nitrogens with zero attached hydrogens (tertiary/aromatic N) is 1. The zero-order valence-electron chi connectivity index (χ0n) is 12.7. The SMILES string of the molecule is CC(NC(=O)CC1(O)CCCCC1)C1CN(C)CCO1. The third-order valence-electron chi connectivity index (χ3n) is 4.52. The number of aliphatic hydroxyl groups is 1. The molecule has 5 nitrogen and oxygen atoms in total. The van der Waals surface area contributed by atoms with Crippen LogP contribution in [0, 0.1) is 0 Å². The van der Waals surface area contributed by atoms with Gasteiger partial charge >= 0.3 is 0 Å². The van der Waals surface area contributed by atoms with Gasteiger partial charge in [-0.15, -0.1) is 0 Å². The first-order valence-electron chi connectivity index (χ1n) is 7.80. The minimum Gasteiger partial charge on any atom is -0.389 e. The topological polar surface area (TPSA) is 61.8 Å². The quantitative estimate of drug-likeness (QED) is 0.805. The molecule has 1 saturated carbocycles. The summed E-state index contributed by atoms with van der Waals surface area (Å²) in [5, 5.41) is 13.4. The molecule has 20 heavy (non-hydrogen) atoms. The number of nitrogens with one attached hydrogen (secondary N) is 1. The van der Waals surface area contributed by atoms with Crippen LogP contribution in [0.3, 0.4) is 0 Å². The molecule has 1 heterocycles. The highest BCUT2D eigenvalue weighted by atomic mass is 16.5. The van der Waals surface area contributed by atoms with Crippen molar-refractivity contribution in [2.24, 2.45) is 0 Å². The van der Waals surface area contributed by atoms with Gasteiger partial charge in [0.25, 0.3) is 0 Å². The van der Waals surface area contributed by atoms with E-state index in [0.29, 0.717) is 6.61 Å². The summed E-state index contributed by atoms with van der Waals surface area (Å²) in [5.74, 6) is -0.0567. The largest absolute Gasteiger partial charge is 0.389 e. The van der Waals surface area contributed by atoms with Gasteiger partial charge in [-0.25, -0.2) is 0 Å². The molecule has 0 bridgehead atoms. The summed E-state index contributed by atoms with van der Waals surface area (Å²) < 4.78 is 5.71. The first-order valence-corrected chi connectivity index (χ1v) is 7.80. The second-order valence-corrected chi connectivity index (χ2v) is 6.49. The lowest BCUT2D eigenvalue weighted by atomic mass is 9.82. The van der Waals surface area contributed by atoms with Crippen LogP contribution in [-0.4, -0.2) is 60.4 Å². The van der Waals surface area contributed by atoms with Gasteiger partial charge in [-0.3, -0.25) is 4.79 Å². The third-order valence-corrected chi connectivity index (χ3v) is 4.52. The summed E-state index contributed by atoms with van der Waals surface area (Å²) in [7, 11) is 2.06. The normalized spacial score (nSPS) is 28.9. The van der Waals surface area contributed by atoms with Crippen molar-refractivity contribution in [1.82, 2.24) is 10.2 Å². The Morgan fingerprint density at radius 1 is 1.45 bits per heavy atom. The van der Waals surface area contributed by atoms with Crippen LogP contribution in [0.1, 0.15) is 45.4 Å². The van der Waals surface area contributed by atoms with E-state index >= 15 is 0 Å². The average Bonchev–Trinajstić information content (AvgIpc) is 2.38. The number of morpholine rings is 1. The molecular weight excluding hydrogens is 256 g/mol. The number of hydrogen-bond donors (Lipinski definition) is 2. The molecule has 116 valence electrons. The molecule has 1 aliphatic heterocycles. The zero-order chi connectivity index (χ0) is 14.6. The first kappa shape index (κ1) is 15.7. The van der Waals surface area contributed by atoms with Crippen molar-refractivity contribution in [2.75, 3.05) is 26.7 Å². The Balaban J connectivity index is 1.78. The average molecular weight is 284 g/mol. The molecule has 2 atom stereocenters. The Labute approximate surface area is 121 Å². The number of carbonyl (C=O) groups is 1. The molecule has 1 aliphatic carbocycles. The molecule has 2 unspecified atom stereocenters. The summed E-state index contributed by atoms with van der Waals surface area (Å²) in [6.07, 6.45) is 4.97. The molecule has 2 aliphatic rings. The minimum atomic E-state index is -0.785. The molecule has 5 heteroatoms. The van der Waals surface area contributed by atoms with Crippen LogP contribution < -0.4 is 5.32 Å². The van der Waals surface area contributed by atoms with Gasteiger partial charge < -0.3 is 20.1 Å². The van der Waals surface area contributed by atoms with Crippen molar-refractivity contribution >= 4 is 5.91 Å². The molecule has 0 aromatic rings. The number of ether oxygens (including phenoxy) is 1. The van der Waals surface area contributed by atoms with Crippen molar-refractivity contribution in [3.05, 3.63) is 0 Å². The highest BCUT2D eigenvalue weighted by molar-refractivity contribution is 5.77. The smallest absolute Gasteiger partial charge is 0.223 e. The van der Waals surface area contributed by atoms with Gasteiger partial charge in [-0.05, 0) is 26.8 Å². The van der Waals surface area contributed by atoms with Crippen molar-refractivity contribution in [3.63, 3.8) is 0 Å². The van der Waals surface area contributed by atoms with Crippen LogP contribution in [0.2, 0.25) is 0 Å². The van der Waals surface area contributed by atoms with Crippen molar-refractivity contribution < 1.29 is 14.6 Å². The molecule has 0 radical (unpaired) electrons. The van der Waals surface area contributed by atoms with Crippen LogP contribution in [0.25, 0.3) is 0 Å². The maximum atomic E-state index is 12.1. The summed E-state index contributed by atoms with van der Waals surface area (Å²) in [5.41, 5.74) is -0.785. The second kappa shape index (κ2) is 6.87. The second-order valence-electron chi connectivity index (χ2n) is 6.49. The maximum absolute atomic E-state index is 12.1. The van der Waals surface area contributed by atoms with E-state index in [9.17, 15) is 9.90 Å². The number of amides is 1. The number of hydrogen-bond acceptors (Lipinski definition) is 4. The van der Waals surface area contributed by atoms with Crippen molar-refractivity contribution in [3.8, 4) is 0 Å². The third kappa shape index (κ3) is 4.43. The predicted molar refractivity (Wildman–Crippen MR) is 77.5 cm³/mol. The van der Waals surface area contributed by atoms with E-state index in [2.05, 4.69) is 17.3 Å². The van der Waals surface area contributed by atoms with Gasteiger partial charge in [0.2, 0.25) is 5.91 Å². The van der Waals surface area contributed by atoms with Crippen LogP contribution in [0.15, 0.2) is 0 Å². The molecule has 0 aromatic carbocycles. The lowest BCUT2D eigenvalue weighted by molar-refractivity contribution is -0.130. The molecule has 1 saturated heterocycles.